The van der Waals surface area contributed by atoms with E-state index in [4.69, 9.17) is 11.6 Å². The van der Waals surface area contributed by atoms with Gasteiger partial charge in [0.1, 0.15) is 0 Å². The molecular weight excluding hydrogens is 284 g/mol. The first-order valence-electron chi connectivity index (χ1n) is 7.78. The zero-order valence-corrected chi connectivity index (χ0v) is 13.7. The predicted octanol–water partition coefficient (Wildman–Crippen LogP) is 4.19. The molecule has 1 N–H and O–H groups in total. The topological polar surface area (TPSA) is 32.3 Å². The predicted molar refractivity (Wildman–Crippen MR) is 88.8 cm³/mol. The van der Waals surface area contributed by atoms with E-state index in [9.17, 15) is 4.79 Å². The molecule has 0 saturated heterocycles. The Balaban J connectivity index is 1.95. The van der Waals surface area contributed by atoms with Gasteiger partial charge in [-0.25, -0.2) is 0 Å². The van der Waals surface area contributed by atoms with E-state index in [2.05, 4.69) is 17.3 Å². The van der Waals surface area contributed by atoms with Crippen molar-refractivity contribution in [3.63, 3.8) is 0 Å². The number of carbonyl (C=O) groups excluding carboxylic acids is 1. The molecule has 1 aromatic rings. The number of carbonyl (C=O) groups is 1. The third kappa shape index (κ3) is 5.01. The standard InChI is InChI=1S/C17H25ClN2O/c1-13(21)19-15-8-6-7-14(11-15)17(18)12-20(2)16-9-4-3-5-10-16/h6-8,11,16-17H,3-5,9-10,12H2,1-2H3,(H,19,21). The minimum atomic E-state index is -0.0578. The number of anilines is 1. The number of nitrogens with zero attached hydrogens (tertiary/aromatic N) is 1. The zero-order chi connectivity index (χ0) is 15.2. The Hall–Kier alpha value is -1.06. The van der Waals surface area contributed by atoms with Crippen LogP contribution in [0.2, 0.25) is 0 Å². The number of nitrogens with one attached hydrogen (secondary N) is 1. The van der Waals surface area contributed by atoms with Gasteiger partial charge in [0.25, 0.3) is 0 Å². The van der Waals surface area contributed by atoms with Crippen molar-refractivity contribution in [1.82, 2.24) is 4.90 Å². The molecule has 0 aromatic heterocycles. The molecule has 0 bridgehead atoms. The fourth-order valence-electron chi connectivity index (χ4n) is 3.04. The highest BCUT2D eigenvalue weighted by Gasteiger charge is 2.20. The van der Waals surface area contributed by atoms with Gasteiger partial charge in [-0.3, -0.25) is 4.79 Å². The lowest BCUT2D eigenvalue weighted by molar-refractivity contribution is -0.114. The largest absolute Gasteiger partial charge is 0.326 e. The van der Waals surface area contributed by atoms with Crippen molar-refractivity contribution in [2.24, 2.45) is 0 Å². The summed E-state index contributed by atoms with van der Waals surface area (Å²) in [7, 11) is 2.17. The molecule has 1 aliphatic carbocycles. The summed E-state index contributed by atoms with van der Waals surface area (Å²) < 4.78 is 0. The maximum absolute atomic E-state index is 11.1. The van der Waals surface area contributed by atoms with Gasteiger partial charge in [0.15, 0.2) is 0 Å². The summed E-state index contributed by atoms with van der Waals surface area (Å²) in [6, 6.07) is 8.49. The second kappa shape index (κ2) is 7.81. The highest BCUT2D eigenvalue weighted by atomic mass is 35.5. The number of hydrogen-bond donors (Lipinski definition) is 1. The van der Waals surface area contributed by atoms with Crippen molar-refractivity contribution in [2.45, 2.75) is 50.4 Å². The van der Waals surface area contributed by atoms with Crippen molar-refractivity contribution in [3.05, 3.63) is 29.8 Å². The van der Waals surface area contributed by atoms with E-state index in [0.29, 0.717) is 6.04 Å². The first kappa shape index (κ1) is 16.3. The lowest BCUT2D eigenvalue weighted by atomic mass is 9.94. The third-order valence-corrected chi connectivity index (χ3v) is 4.60. The second-order valence-electron chi connectivity index (χ2n) is 6.01. The molecule has 2 rings (SSSR count). The van der Waals surface area contributed by atoms with Gasteiger partial charge in [0.05, 0.1) is 5.38 Å². The van der Waals surface area contributed by atoms with Crippen LogP contribution >= 0.6 is 11.6 Å². The molecule has 0 radical (unpaired) electrons. The van der Waals surface area contributed by atoms with Gasteiger partial charge in [-0.15, -0.1) is 11.6 Å². The minimum absolute atomic E-state index is 0.0503. The molecule has 1 saturated carbocycles. The number of likely N-dealkylation sites (N-methyl/N-ethyl adjacent to an activating group) is 1. The van der Waals surface area contributed by atoms with Gasteiger partial charge < -0.3 is 10.2 Å². The van der Waals surface area contributed by atoms with Crippen LogP contribution in [0.25, 0.3) is 0 Å². The van der Waals surface area contributed by atoms with Crippen molar-refractivity contribution >= 4 is 23.2 Å². The Morgan fingerprint density at radius 3 is 2.76 bits per heavy atom. The zero-order valence-electron chi connectivity index (χ0n) is 12.9. The lowest BCUT2D eigenvalue weighted by Gasteiger charge is -2.32. The molecule has 4 heteroatoms. The fourth-order valence-corrected chi connectivity index (χ4v) is 3.40. The molecule has 1 unspecified atom stereocenters. The highest BCUT2D eigenvalue weighted by molar-refractivity contribution is 6.21. The summed E-state index contributed by atoms with van der Waals surface area (Å²) in [6.45, 7) is 2.36. The molecule has 1 fully saturated rings. The Kier molecular flexibility index (Phi) is 6.07. The molecule has 3 nitrogen and oxygen atoms in total. The fraction of sp³-hybridized carbons (Fsp3) is 0.588. The van der Waals surface area contributed by atoms with E-state index in [1.807, 2.05) is 24.3 Å². The van der Waals surface area contributed by atoms with Gasteiger partial charge in [-0.2, -0.15) is 0 Å². The first-order chi connectivity index (χ1) is 10.1. The summed E-state index contributed by atoms with van der Waals surface area (Å²) in [5.74, 6) is -0.0578. The average molecular weight is 309 g/mol. The van der Waals surface area contributed by atoms with Crippen LogP contribution in [0.4, 0.5) is 5.69 Å². The van der Waals surface area contributed by atoms with Crippen molar-refractivity contribution in [3.8, 4) is 0 Å². The number of alkyl halides is 1. The molecule has 21 heavy (non-hydrogen) atoms. The van der Waals surface area contributed by atoms with Crippen LogP contribution < -0.4 is 5.32 Å². The molecule has 116 valence electrons. The third-order valence-electron chi connectivity index (χ3n) is 4.22. The molecule has 0 aliphatic heterocycles. The number of benzene rings is 1. The second-order valence-corrected chi connectivity index (χ2v) is 6.53. The van der Waals surface area contributed by atoms with Crippen LogP contribution in [0, 0.1) is 0 Å². The van der Waals surface area contributed by atoms with Crippen LogP contribution in [0.3, 0.4) is 0 Å². The Labute approximate surface area is 132 Å². The van der Waals surface area contributed by atoms with Crippen LogP contribution in [0.5, 0.6) is 0 Å². The first-order valence-corrected chi connectivity index (χ1v) is 8.22. The SMILES string of the molecule is CC(=O)Nc1cccc(C(Cl)CN(C)C2CCCCC2)c1. The molecule has 1 aromatic carbocycles. The summed E-state index contributed by atoms with van der Waals surface area (Å²) in [6.07, 6.45) is 6.60. The van der Waals surface area contributed by atoms with Gasteiger partial charge in [-0.05, 0) is 37.6 Å². The normalized spacial score (nSPS) is 17.7. The summed E-state index contributed by atoms with van der Waals surface area (Å²) in [5, 5.41) is 2.76. The number of amides is 1. The highest BCUT2D eigenvalue weighted by Crippen LogP contribution is 2.27. The molecule has 1 amide bonds. The molecule has 1 atom stereocenters. The maximum Gasteiger partial charge on any atom is 0.221 e. The molecule has 1 aliphatic rings. The van der Waals surface area contributed by atoms with Gasteiger partial charge in [0.2, 0.25) is 5.91 Å². The van der Waals surface area contributed by atoms with Crippen LogP contribution in [-0.2, 0) is 4.79 Å². The van der Waals surface area contributed by atoms with E-state index in [1.165, 1.54) is 39.0 Å². The van der Waals surface area contributed by atoms with Crippen molar-refractivity contribution in [2.75, 3.05) is 18.9 Å². The van der Waals surface area contributed by atoms with E-state index in [-0.39, 0.29) is 11.3 Å². The number of halogens is 1. The van der Waals surface area contributed by atoms with Gasteiger partial charge >= 0.3 is 0 Å². The van der Waals surface area contributed by atoms with Crippen LogP contribution in [0.15, 0.2) is 24.3 Å². The molecule has 0 spiro atoms. The van der Waals surface area contributed by atoms with E-state index < -0.39 is 0 Å². The quantitative estimate of drug-likeness (QED) is 0.827. The van der Waals surface area contributed by atoms with Gasteiger partial charge in [-0.1, -0.05) is 31.4 Å². The van der Waals surface area contributed by atoms with E-state index in [0.717, 1.165) is 17.8 Å². The van der Waals surface area contributed by atoms with Crippen molar-refractivity contribution in [1.29, 1.82) is 0 Å². The minimum Gasteiger partial charge on any atom is -0.326 e. The molecular formula is C17H25ClN2O. The average Bonchev–Trinajstić information content (AvgIpc) is 2.47. The maximum atomic E-state index is 11.1. The summed E-state index contributed by atoms with van der Waals surface area (Å²) >= 11 is 6.57. The lowest BCUT2D eigenvalue weighted by Crippen LogP contribution is -2.35. The summed E-state index contributed by atoms with van der Waals surface area (Å²) in [4.78, 5) is 13.5. The van der Waals surface area contributed by atoms with Crippen LogP contribution in [-0.4, -0.2) is 30.4 Å². The monoisotopic (exact) mass is 308 g/mol. The Morgan fingerprint density at radius 2 is 2.10 bits per heavy atom. The smallest absolute Gasteiger partial charge is 0.221 e. The van der Waals surface area contributed by atoms with E-state index in [1.54, 1.807) is 0 Å². The van der Waals surface area contributed by atoms with Crippen molar-refractivity contribution < 1.29 is 4.79 Å². The Morgan fingerprint density at radius 1 is 1.38 bits per heavy atom. The number of hydrogen-bond acceptors (Lipinski definition) is 2. The Bertz CT molecular complexity index is 472. The summed E-state index contributed by atoms with van der Waals surface area (Å²) in [5.41, 5.74) is 1.87. The molecule has 0 heterocycles. The van der Waals surface area contributed by atoms with E-state index >= 15 is 0 Å². The van der Waals surface area contributed by atoms with Gasteiger partial charge in [0, 0.05) is 25.2 Å². The van der Waals surface area contributed by atoms with Crippen LogP contribution in [0.1, 0.15) is 50.0 Å². The number of rotatable bonds is 5.